The largest absolute Gasteiger partial charge is 0.497 e. The highest BCUT2D eigenvalue weighted by Crippen LogP contribution is 2.28. The molecule has 7 heteroatoms. The summed E-state index contributed by atoms with van der Waals surface area (Å²) in [5.74, 6) is 0.174. The van der Waals surface area contributed by atoms with Gasteiger partial charge in [-0.25, -0.2) is 8.42 Å². The fraction of sp³-hybridized carbons (Fsp3) is 0.320. The SMILES string of the molecule is CCN(CC)S(=O)(=O)c1ccc(C)c(NC(=O)[C@@H](C)c2ccc3cc(OC)ccc3c2)c1. The lowest BCUT2D eigenvalue weighted by Crippen LogP contribution is -2.30. The van der Waals surface area contributed by atoms with Crippen molar-refractivity contribution >= 4 is 32.4 Å². The lowest BCUT2D eigenvalue weighted by Gasteiger charge is -2.20. The predicted octanol–water partition coefficient (Wildman–Crippen LogP) is 4.93. The first-order valence-electron chi connectivity index (χ1n) is 10.7. The summed E-state index contributed by atoms with van der Waals surface area (Å²) in [7, 11) is -1.98. The Morgan fingerprint density at radius 1 is 1.00 bits per heavy atom. The maximum absolute atomic E-state index is 13.0. The fourth-order valence-electron chi connectivity index (χ4n) is 3.64. The van der Waals surface area contributed by atoms with Gasteiger partial charge in [0.05, 0.1) is 17.9 Å². The molecule has 1 atom stereocenters. The molecule has 0 bridgehead atoms. The number of ether oxygens (including phenoxy) is 1. The van der Waals surface area contributed by atoms with Gasteiger partial charge in [-0.3, -0.25) is 4.79 Å². The predicted molar refractivity (Wildman–Crippen MR) is 129 cm³/mol. The zero-order chi connectivity index (χ0) is 23.5. The smallest absolute Gasteiger partial charge is 0.243 e. The Labute approximate surface area is 190 Å². The molecule has 0 aliphatic rings. The van der Waals surface area contributed by atoms with Crippen LogP contribution in [0.25, 0.3) is 10.8 Å². The number of rotatable bonds is 8. The molecule has 3 rings (SSSR count). The Kier molecular flexibility index (Phi) is 7.21. The molecule has 0 saturated carbocycles. The van der Waals surface area contributed by atoms with Gasteiger partial charge in [0.2, 0.25) is 15.9 Å². The number of anilines is 1. The van der Waals surface area contributed by atoms with E-state index in [4.69, 9.17) is 4.74 Å². The van der Waals surface area contributed by atoms with Gasteiger partial charge in [-0.05, 0) is 60.0 Å². The Balaban J connectivity index is 1.86. The third-order valence-corrected chi connectivity index (χ3v) is 7.82. The quantitative estimate of drug-likeness (QED) is 0.524. The van der Waals surface area contributed by atoms with Crippen LogP contribution in [0.3, 0.4) is 0 Å². The number of hydrogen-bond donors (Lipinski definition) is 1. The summed E-state index contributed by atoms with van der Waals surface area (Å²) in [6, 6.07) is 16.6. The number of aryl methyl sites for hydroxylation is 1. The van der Waals surface area contributed by atoms with Gasteiger partial charge in [-0.1, -0.05) is 44.2 Å². The van der Waals surface area contributed by atoms with Crippen molar-refractivity contribution in [3.63, 3.8) is 0 Å². The fourth-order valence-corrected chi connectivity index (χ4v) is 5.12. The summed E-state index contributed by atoms with van der Waals surface area (Å²) in [6.07, 6.45) is 0. The van der Waals surface area contributed by atoms with Crippen molar-refractivity contribution in [2.45, 2.75) is 38.5 Å². The number of sulfonamides is 1. The van der Waals surface area contributed by atoms with Crippen LogP contribution in [0.1, 0.15) is 37.8 Å². The van der Waals surface area contributed by atoms with E-state index in [1.54, 1.807) is 39.2 Å². The molecule has 0 aromatic heterocycles. The molecular weight excluding hydrogens is 424 g/mol. The Bertz CT molecular complexity index is 1230. The standard InChI is InChI=1S/C25H30N2O4S/c1-6-27(7-2)32(29,30)23-13-8-17(3)24(16-23)26-25(28)18(4)19-9-10-21-15-22(31-5)12-11-20(21)14-19/h8-16,18H,6-7H2,1-5H3,(H,26,28)/t18-/m0/s1. The van der Waals surface area contributed by atoms with E-state index in [1.165, 1.54) is 4.31 Å². The van der Waals surface area contributed by atoms with Crippen molar-refractivity contribution < 1.29 is 17.9 Å². The van der Waals surface area contributed by atoms with Crippen molar-refractivity contribution in [2.75, 3.05) is 25.5 Å². The van der Waals surface area contributed by atoms with Gasteiger partial charge in [0.25, 0.3) is 0 Å². The van der Waals surface area contributed by atoms with Crippen LogP contribution in [-0.4, -0.2) is 38.8 Å². The number of benzene rings is 3. The van der Waals surface area contributed by atoms with E-state index < -0.39 is 15.9 Å². The van der Waals surface area contributed by atoms with Crippen LogP contribution in [0.15, 0.2) is 59.5 Å². The van der Waals surface area contributed by atoms with Crippen molar-refractivity contribution in [1.29, 1.82) is 0 Å². The number of amides is 1. The van der Waals surface area contributed by atoms with Crippen molar-refractivity contribution in [3.8, 4) is 5.75 Å². The van der Waals surface area contributed by atoms with E-state index in [2.05, 4.69) is 5.32 Å². The highest BCUT2D eigenvalue weighted by atomic mass is 32.2. The van der Waals surface area contributed by atoms with Gasteiger partial charge in [0.1, 0.15) is 5.75 Å². The molecule has 0 saturated heterocycles. The highest BCUT2D eigenvalue weighted by Gasteiger charge is 2.23. The number of fused-ring (bicyclic) bond motifs is 1. The van der Waals surface area contributed by atoms with Crippen LogP contribution in [-0.2, 0) is 14.8 Å². The van der Waals surface area contributed by atoms with Crippen LogP contribution in [0.4, 0.5) is 5.69 Å². The second-order valence-electron chi connectivity index (χ2n) is 7.75. The zero-order valence-electron chi connectivity index (χ0n) is 19.2. The topological polar surface area (TPSA) is 75.7 Å². The number of carbonyl (C=O) groups is 1. The molecule has 1 amide bonds. The molecule has 1 N–H and O–H groups in total. The van der Waals surface area contributed by atoms with Crippen molar-refractivity contribution in [1.82, 2.24) is 4.31 Å². The summed E-state index contributed by atoms with van der Waals surface area (Å²) >= 11 is 0. The van der Waals surface area contributed by atoms with Gasteiger partial charge in [0, 0.05) is 18.8 Å². The minimum absolute atomic E-state index is 0.175. The molecule has 0 unspecified atom stereocenters. The summed E-state index contributed by atoms with van der Waals surface area (Å²) in [5, 5.41) is 4.97. The van der Waals surface area contributed by atoms with Gasteiger partial charge in [0.15, 0.2) is 0 Å². The Morgan fingerprint density at radius 3 is 2.31 bits per heavy atom. The van der Waals surface area contributed by atoms with Crippen molar-refractivity contribution in [3.05, 3.63) is 65.7 Å². The van der Waals surface area contributed by atoms with E-state index in [0.29, 0.717) is 18.8 Å². The van der Waals surface area contributed by atoms with Crippen LogP contribution in [0.2, 0.25) is 0 Å². The first-order chi connectivity index (χ1) is 15.2. The van der Waals surface area contributed by atoms with Crippen molar-refractivity contribution in [2.24, 2.45) is 0 Å². The lowest BCUT2D eigenvalue weighted by molar-refractivity contribution is -0.117. The molecule has 0 aliphatic carbocycles. The Morgan fingerprint density at radius 2 is 1.66 bits per heavy atom. The molecule has 3 aromatic rings. The summed E-state index contributed by atoms with van der Waals surface area (Å²) in [4.78, 5) is 13.2. The average molecular weight is 455 g/mol. The van der Waals surface area contributed by atoms with E-state index in [0.717, 1.165) is 27.6 Å². The van der Waals surface area contributed by atoms with E-state index in [1.807, 2.05) is 50.2 Å². The second-order valence-corrected chi connectivity index (χ2v) is 9.69. The molecule has 32 heavy (non-hydrogen) atoms. The van der Waals surface area contributed by atoms with Gasteiger partial charge < -0.3 is 10.1 Å². The van der Waals surface area contributed by atoms with E-state index in [9.17, 15) is 13.2 Å². The highest BCUT2D eigenvalue weighted by molar-refractivity contribution is 7.89. The lowest BCUT2D eigenvalue weighted by atomic mass is 9.96. The third kappa shape index (κ3) is 4.79. The van der Waals surface area contributed by atoms with E-state index in [-0.39, 0.29) is 10.8 Å². The average Bonchev–Trinajstić information content (AvgIpc) is 2.79. The number of nitrogens with zero attached hydrogens (tertiary/aromatic N) is 1. The molecule has 170 valence electrons. The molecule has 0 heterocycles. The van der Waals surface area contributed by atoms with Gasteiger partial charge >= 0.3 is 0 Å². The minimum Gasteiger partial charge on any atom is -0.497 e. The summed E-state index contributed by atoms with van der Waals surface area (Å²) < 4.78 is 32.4. The summed E-state index contributed by atoms with van der Waals surface area (Å²) in [5.41, 5.74) is 2.18. The zero-order valence-corrected chi connectivity index (χ0v) is 20.0. The third-order valence-electron chi connectivity index (χ3n) is 5.77. The monoisotopic (exact) mass is 454 g/mol. The van der Waals surface area contributed by atoms with E-state index >= 15 is 0 Å². The Hall–Kier alpha value is -2.90. The van der Waals surface area contributed by atoms with Crippen LogP contribution < -0.4 is 10.1 Å². The number of carbonyl (C=O) groups excluding carboxylic acids is 1. The molecule has 3 aromatic carbocycles. The number of nitrogens with one attached hydrogen (secondary N) is 1. The molecule has 0 aliphatic heterocycles. The molecule has 6 nitrogen and oxygen atoms in total. The van der Waals surface area contributed by atoms with Gasteiger partial charge in [-0.2, -0.15) is 4.31 Å². The second kappa shape index (κ2) is 9.71. The van der Waals surface area contributed by atoms with Crippen LogP contribution >= 0.6 is 0 Å². The van der Waals surface area contributed by atoms with Crippen LogP contribution in [0.5, 0.6) is 5.75 Å². The first kappa shape index (κ1) is 23.8. The summed E-state index contributed by atoms with van der Waals surface area (Å²) in [6.45, 7) is 8.07. The number of hydrogen-bond acceptors (Lipinski definition) is 4. The molecule has 0 radical (unpaired) electrons. The van der Waals surface area contributed by atoms with Crippen LogP contribution in [0, 0.1) is 6.92 Å². The number of methoxy groups -OCH3 is 1. The molecular formula is C25H30N2O4S. The normalized spacial score (nSPS) is 12.7. The molecule has 0 fully saturated rings. The molecule has 0 spiro atoms. The maximum Gasteiger partial charge on any atom is 0.243 e. The maximum atomic E-state index is 13.0. The van der Waals surface area contributed by atoms with Gasteiger partial charge in [-0.15, -0.1) is 0 Å². The minimum atomic E-state index is -3.61. The first-order valence-corrected chi connectivity index (χ1v) is 12.1.